The van der Waals surface area contributed by atoms with Crippen LogP contribution in [-0.4, -0.2) is 33.9 Å². The maximum atomic E-state index is 12.5. The average Bonchev–Trinajstić information content (AvgIpc) is 2.99. The topological polar surface area (TPSA) is 98.4 Å². The molecule has 0 bridgehead atoms. The third kappa shape index (κ3) is 2.89. The number of anilines is 1. The smallest absolute Gasteiger partial charge is 0.263 e. The van der Waals surface area contributed by atoms with Gasteiger partial charge in [-0.2, -0.15) is 0 Å². The lowest BCUT2D eigenvalue weighted by Gasteiger charge is -2.10. The fraction of sp³-hybridized carbons (Fsp3) is 0.190. The second-order valence-electron chi connectivity index (χ2n) is 6.95. The molecule has 1 aliphatic rings. The van der Waals surface area contributed by atoms with Crippen LogP contribution in [0.2, 0.25) is 0 Å². The first-order valence-corrected chi connectivity index (χ1v) is 9.76. The van der Waals surface area contributed by atoms with Gasteiger partial charge in [-0.15, -0.1) is 11.3 Å². The number of carbonyl (C=O) groups excluding carboxylic acids is 1. The van der Waals surface area contributed by atoms with Gasteiger partial charge >= 0.3 is 0 Å². The predicted octanol–water partition coefficient (Wildman–Crippen LogP) is 3.54. The van der Waals surface area contributed by atoms with E-state index in [1.54, 1.807) is 0 Å². The van der Waals surface area contributed by atoms with E-state index in [-0.39, 0.29) is 17.4 Å². The lowest BCUT2D eigenvalue weighted by Crippen LogP contribution is -2.34. The number of nitrogens with one attached hydrogen (secondary N) is 2. The number of carbonyl (C=O) groups is 1. The molecule has 0 aliphatic carbocycles. The molecule has 28 heavy (non-hydrogen) atoms. The molecule has 1 aliphatic heterocycles. The molecule has 0 spiro atoms. The Hall–Kier alpha value is -3.03. The summed E-state index contributed by atoms with van der Waals surface area (Å²) in [5, 5.41) is 8.63. The van der Waals surface area contributed by atoms with Gasteiger partial charge in [-0.25, -0.2) is 4.98 Å². The van der Waals surface area contributed by atoms with E-state index in [1.165, 1.54) is 11.3 Å². The zero-order valence-corrected chi connectivity index (χ0v) is 16.4. The summed E-state index contributed by atoms with van der Waals surface area (Å²) in [7, 11) is 0. The van der Waals surface area contributed by atoms with Gasteiger partial charge in [0.2, 0.25) is 0 Å². The second kappa shape index (κ2) is 6.85. The summed E-state index contributed by atoms with van der Waals surface area (Å²) < 4.78 is 1.09. The third-order valence-corrected chi connectivity index (χ3v) is 6.05. The van der Waals surface area contributed by atoms with Crippen molar-refractivity contribution in [1.29, 1.82) is 0 Å². The van der Waals surface area contributed by atoms with E-state index < -0.39 is 0 Å². The molecule has 0 saturated heterocycles. The number of aromatic nitrogens is 2. The summed E-state index contributed by atoms with van der Waals surface area (Å²) in [6.45, 7) is 4.69. The minimum absolute atomic E-state index is 0. The van der Waals surface area contributed by atoms with Crippen molar-refractivity contribution in [2.24, 2.45) is 0 Å². The van der Waals surface area contributed by atoms with Crippen molar-refractivity contribution < 1.29 is 10.3 Å². The first-order chi connectivity index (χ1) is 13.1. The van der Waals surface area contributed by atoms with Crippen LogP contribution in [-0.2, 0) is 0 Å². The fourth-order valence-corrected chi connectivity index (χ4v) is 4.60. The van der Waals surface area contributed by atoms with Crippen molar-refractivity contribution >= 4 is 43.9 Å². The number of hydrogen-bond donors (Lipinski definition) is 2. The van der Waals surface area contributed by atoms with Gasteiger partial charge in [-0.1, -0.05) is 0 Å². The van der Waals surface area contributed by atoms with Crippen LogP contribution in [0.3, 0.4) is 0 Å². The van der Waals surface area contributed by atoms with E-state index in [0.29, 0.717) is 6.54 Å². The molecule has 7 heteroatoms. The summed E-state index contributed by atoms with van der Waals surface area (Å²) in [5.41, 5.74) is 4.73. The number of pyridine rings is 2. The Morgan fingerprint density at radius 2 is 2.00 bits per heavy atom. The van der Waals surface area contributed by atoms with E-state index >= 15 is 0 Å². The number of thiophene rings is 1. The highest BCUT2D eigenvalue weighted by atomic mass is 32.1. The molecule has 0 unspecified atom stereocenters. The van der Waals surface area contributed by atoms with Gasteiger partial charge in [0.15, 0.2) is 0 Å². The van der Waals surface area contributed by atoms with Gasteiger partial charge in [0, 0.05) is 45.5 Å². The summed E-state index contributed by atoms with van der Waals surface area (Å²) in [6.07, 6.45) is 1.85. The number of benzene rings is 1. The van der Waals surface area contributed by atoms with Gasteiger partial charge in [0.05, 0.1) is 16.9 Å². The first-order valence-electron chi connectivity index (χ1n) is 8.94. The summed E-state index contributed by atoms with van der Waals surface area (Å²) >= 11 is 1.53. The van der Waals surface area contributed by atoms with Crippen LogP contribution >= 0.6 is 11.3 Å². The summed E-state index contributed by atoms with van der Waals surface area (Å²) in [5.74, 6) is -0.00726. The largest absolute Gasteiger partial charge is 0.412 e. The first kappa shape index (κ1) is 18.3. The molecule has 1 aromatic carbocycles. The van der Waals surface area contributed by atoms with E-state index in [4.69, 9.17) is 4.98 Å². The van der Waals surface area contributed by atoms with E-state index in [0.717, 1.165) is 48.5 Å². The van der Waals surface area contributed by atoms with Crippen LogP contribution in [0, 0.1) is 6.92 Å². The number of fused-ring (bicyclic) bond motifs is 5. The summed E-state index contributed by atoms with van der Waals surface area (Å²) in [4.78, 5) is 22.5. The normalized spacial score (nSPS) is 16.1. The number of nitrogens with zero attached hydrogens (tertiary/aromatic N) is 2. The quantitative estimate of drug-likeness (QED) is 0.518. The van der Waals surface area contributed by atoms with Crippen molar-refractivity contribution in [1.82, 2.24) is 15.3 Å². The molecule has 6 nitrogen and oxygen atoms in total. The van der Waals surface area contributed by atoms with Crippen molar-refractivity contribution in [3.8, 4) is 11.3 Å². The lowest BCUT2D eigenvalue weighted by atomic mass is 10.1. The molecule has 1 atom stereocenters. The van der Waals surface area contributed by atoms with Crippen molar-refractivity contribution in [3.05, 3.63) is 53.2 Å². The van der Waals surface area contributed by atoms with E-state index in [1.807, 2.05) is 44.3 Å². The molecular formula is C21H20N4O2S. The molecule has 0 fully saturated rings. The predicted molar refractivity (Wildman–Crippen MR) is 114 cm³/mol. The van der Waals surface area contributed by atoms with Gasteiger partial charge in [0.25, 0.3) is 5.91 Å². The maximum absolute atomic E-state index is 12.5. The van der Waals surface area contributed by atoms with Gasteiger partial charge in [-0.05, 0) is 50.2 Å². The zero-order chi connectivity index (χ0) is 18.5. The third-order valence-electron chi connectivity index (χ3n) is 4.90. The van der Waals surface area contributed by atoms with Crippen LogP contribution < -0.4 is 10.6 Å². The minimum atomic E-state index is -0.00726. The molecule has 5 rings (SSSR count). The Morgan fingerprint density at radius 1 is 1.14 bits per heavy atom. The van der Waals surface area contributed by atoms with Crippen LogP contribution in [0.5, 0.6) is 0 Å². The molecular weight excluding hydrogens is 372 g/mol. The highest BCUT2D eigenvalue weighted by molar-refractivity contribution is 7.21. The van der Waals surface area contributed by atoms with Crippen LogP contribution in [0.1, 0.15) is 22.3 Å². The van der Waals surface area contributed by atoms with Gasteiger partial charge in [0.1, 0.15) is 4.88 Å². The van der Waals surface area contributed by atoms with Crippen LogP contribution in [0.25, 0.3) is 32.2 Å². The number of rotatable bonds is 1. The maximum Gasteiger partial charge on any atom is 0.263 e. The standard InChI is InChI=1S/C21H18N4OS.H2O/c1-11-3-4-13(10-22-11)15-6-5-14-16(25-15)7-8-17-18(14)19-20(27-17)21(26)24-12(2)9-23-19;/h3-8,10,12,23H,9H2,1-2H3,(H,24,26);1H2/t12-;/m1./s1. The van der Waals surface area contributed by atoms with Crippen molar-refractivity contribution in [2.75, 3.05) is 11.9 Å². The zero-order valence-electron chi connectivity index (χ0n) is 15.5. The molecule has 142 valence electrons. The molecule has 0 saturated carbocycles. The molecule has 1 amide bonds. The second-order valence-corrected chi connectivity index (χ2v) is 8.00. The Balaban J connectivity index is 0.00000192. The van der Waals surface area contributed by atoms with Gasteiger partial charge < -0.3 is 16.1 Å². The molecule has 0 radical (unpaired) electrons. The average molecular weight is 392 g/mol. The number of amides is 1. The Bertz CT molecular complexity index is 1200. The molecule has 4 aromatic rings. The highest BCUT2D eigenvalue weighted by Crippen LogP contribution is 2.41. The highest BCUT2D eigenvalue weighted by Gasteiger charge is 2.24. The van der Waals surface area contributed by atoms with E-state index in [9.17, 15) is 4.79 Å². The van der Waals surface area contributed by atoms with E-state index in [2.05, 4.69) is 27.8 Å². The molecule has 4 N–H and O–H groups in total. The SMILES string of the molecule is Cc1ccc(-c2ccc3c(ccc4sc5c(c43)NC[C@@H](C)NC5=O)n2)cn1.O. The lowest BCUT2D eigenvalue weighted by molar-refractivity contribution is 0.0949. The number of hydrogen-bond acceptors (Lipinski definition) is 5. The Kier molecular flexibility index (Phi) is 4.49. The van der Waals surface area contributed by atoms with Crippen LogP contribution in [0.4, 0.5) is 5.69 Å². The fourth-order valence-electron chi connectivity index (χ4n) is 3.51. The van der Waals surface area contributed by atoms with Gasteiger partial charge in [-0.3, -0.25) is 9.78 Å². The molecule has 3 aromatic heterocycles. The minimum Gasteiger partial charge on any atom is -0.412 e. The van der Waals surface area contributed by atoms with Crippen LogP contribution in [0.15, 0.2) is 42.6 Å². The summed E-state index contributed by atoms with van der Waals surface area (Å²) in [6, 6.07) is 12.3. The monoisotopic (exact) mass is 392 g/mol. The Labute approximate surface area is 165 Å². The number of aryl methyl sites for hydroxylation is 1. The molecule has 4 heterocycles. The Morgan fingerprint density at radius 3 is 2.79 bits per heavy atom. The van der Waals surface area contributed by atoms with Crippen molar-refractivity contribution in [2.45, 2.75) is 19.9 Å². The van der Waals surface area contributed by atoms with Crippen molar-refractivity contribution in [3.63, 3.8) is 0 Å².